The van der Waals surface area contributed by atoms with Crippen LogP contribution in [0.1, 0.15) is 16.8 Å². The highest BCUT2D eigenvalue weighted by Gasteiger charge is 2.13. The molecule has 0 spiro atoms. The summed E-state index contributed by atoms with van der Waals surface area (Å²) in [5.41, 5.74) is 4.85. The van der Waals surface area contributed by atoms with Crippen LogP contribution in [-0.4, -0.2) is 24.5 Å². The van der Waals surface area contributed by atoms with Crippen molar-refractivity contribution in [3.63, 3.8) is 0 Å². The van der Waals surface area contributed by atoms with Crippen molar-refractivity contribution >= 4 is 19.0 Å². The molecule has 0 bridgehead atoms. The number of fused-ring (bicyclic) bond motifs is 1. The number of hydrogen-bond acceptors (Lipinski definition) is 2. The van der Waals surface area contributed by atoms with E-state index in [0.29, 0.717) is 6.73 Å². The van der Waals surface area contributed by atoms with E-state index >= 15 is 0 Å². The fourth-order valence-corrected chi connectivity index (χ4v) is 3.24. The van der Waals surface area contributed by atoms with Crippen molar-refractivity contribution in [1.29, 1.82) is 0 Å². The molecule has 0 aliphatic carbocycles. The lowest BCUT2D eigenvalue weighted by molar-refractivity contribution is 0.0814. The summed E-state index contributed by atoms with van der Waals surface area (Å²) in [6.45, 7) is 14.9. The number of rotatable bonds is 5. The van der Waals surface area contributed by atoms with E-state index in [1.165, 1.54) is 28.1 Å². The molecular formula is C16H26N2OSi. The minimum absolute atomic E-state index is 0.554. The third kappa shape index (κ3) is 3.49. The first kappa shape index (κ1) is 15.3. The Morgan fingerprint density at radius 2 is 1.85 bits per heavy atom. The number of aromatic nitrogens is 2. The van der Waals surface area contributed by atoms with Gasteiger partial charge in [0.15, 0.2) is 0 Å². The first-order valence-electron chi connectivity index (χ1n) is 7.30. The molecule has 0 unspecified atom stereocenters. The smallest absolute Gasteiger partial charge is 0.140 e. The summed E-state index contributed by atoms with van der Waals surface area (Å²) in [7, 11) is -1.02. The third-order valence-corrected chi connectivity index (χ3v) is 5.28. The lowest BCUT2D eigenvalue weighted by Crippen LogP contribution is -2.22. The SMILES string of the molecule is Cc1cc(C)c2c(c1)c(C)nn2COCC[Si](C)(C)C. The first-order valence-corrected chi connectivity index (χ1v) is 11.0. The molecule has 0 saturated heterocycles. The maximum absolute atomic E-state index is 5.84. The lowest BCUT2D eigenvalue weighted by atomic mass is 10.1. The Labute approximate surface area is 122 Å². The number of aryl methyl sites for hydroxylation is 3. The largest absolute Gasteiger partial charge is 0.360 e. The van der Waals surface area contributed by atoms with Gasteiger partial charge in [0.2, 0.25) is 0 Å². The second-order valence-corrected chi connectivity index (χ2v) is 12.5. The normalized spacial score (nSPS) is 12.3. The topological polar surface area (TPSA) is 27.1 Å². The Bertz CT molecular complexity index is 611. The Balaban J connectivity index is 2.15. The summed E-state index contributed by atoms with van der Waals surface area (Å²) in [4.78, 5) is 0. The van der Waals surface area contributed by atoms with Gasteiger partial charge in [-0.15, -0.1) is 0 Å². The van der Waals surface area contributed by atoms with Gasteiger partial charge in [0.25, 0.3) is 0 Å². The van der Waals surface area contributed by atoms with Crippen LogP contribution in [0, 0.1) is 20.8 Å². The van der Waals surface area contributed by atoms with Crippen molar-refractivity contribution in [2.45, 2.75) is 53.2 Å². The third-order valence-electron chi connectivity index (χ3n) is 3.57. The van der Waals surface area contributed by atoms with Crippen LogP contribution in [0.15, 0.2) is 12.1 Å². The highest BCUT2D eigenvalue weighted by Crippen LogP contribution is 2.23. The molecule has 2 aromatic rings. The molecule has 0 aliphatic heterocycles. The van der Waals surface area contributed by atoms with Crippen molar-refractivity contribution in [2.24, 2.45) is 0 Å². The molecular weight excluding hydrogens is 264 g/mol. The van der Waals surface area contributed by atoms with Crippen LogP contribution < -0.4 is 0 Å². The summed E-state index contributed by atoms with van der Waals surface area (Å²) < 4.78 is 7.84. The van der Waals surface area contributed by atoms with E-state index in [0.717, 1.165) is 12.3 Å². The molecule has 4 heteroatoms. The number of nitrogens with zero attached hydrogens (tertiary/aromatic N) is 2. The molecule has 0 N–H and O–H groups in total. The molecule has 0 amide bonds. The van der Waals surface area contributed by atoms with Gasteiger partial charge in [0.1, 0.15) is 6.73 Å². The van der Waals surface area contributed by atoms with Crippen LogP contribution in [0.2, 0.25) is 25.7 Å². The number of benzene rings is 1. The lowest BCUT2D eigenvalue weighted by Gasteiger charge is -2.15. The average molecular weight is 290 g/mol. The van der Waals surface area contributed by atoms with Crippen LogP contribution in [0.3, 0.4) is 0 Å². The summed E-state index contributed by atoms with van der Waals surface area (Å²) in [6, 6.07) is 5.62. The molecule has 0 aliphatic rings. The van der Waals surface area contributed by atoms with Crippen LogP contribution >= 0.6 is 0 Å². The molecule has 110 valence electrons. The van der Waals surface area contributed by atoms with E-state index < -0.39 is 8.07 Å². The molecule has 1 aromatic heterocycles. The van der Waals surface area contributed by atoms with E-state index in [4.69, 9.17) is 4.74 Å². The van der Waals surface area contributed by atoms with E-state index in [1.54, 1.807) is 0 Å². The van der Waals surface area contributed by atoms with Gasteiger partial charge in [0.05, 0.1) is 11.2 Å². The summed E-state index contributed by atoms with van der Waals surface area (Å²) >= 11 is 0. The Kier molecular flexibility index (Phi) is 4.35. The zero-order chi connectivity index (χ0) is 14.9. The Morgan fingerprint density at radius 1 is 1.15 bits per heavy atom. The molecule has 0 radical (unpaired) electrons. The van der Waals surface area contributed by atoms with E-state index in [2.05, 4.69) is 57.6 Å². The standard InChI is InChI=1S/C16H26N2OSi/c1-12-9-13(2)16-15(10-12)14(3)17-18(16)11-19-7-8-20(4,5)6/h9-10H,7-8,11H2,1-6H3. The van der Waals surface area contributed by atoms with Gasteiger partial charge in [0, 0.05) is 20.1 Å². The highest BCUT2D eigenvalue weighted by molar-refractivity contribution is 6.76. The maximum Gasteiger partial charge on any atom is 0.140 e. The molecule has 0 saturated carbocycles. The van der Waals surface area contributed by atoms with Gasteiger partial charge >= 0.3 is 0 Å². The zero-order valence-electron chi connectivity index (χ0n) is 13.6. The quantitative estimate of drug-likeness (QED) is 0.607. The molecule has 3 nitrogen and oxygen atoms in total. The highest BCUT2D eigenvalue weighted by atomic mass is 28.3. The summed E-state index contributed by atoms with van der Waals surface area (Å²) in [5, 5.41) is 5.88. The predicted octanol–water partition coefficient (Wildman–Crippen LogP) is 4.27. The van der Waals surface area contributed by atoms with Crippen LogP contribution in [0.25, 0.3) is 10.9 Å². The van der Waals surface area contributed by atoms with Crippen LogP contribution in [0.5, 0.6) is 0 Å². The molecule has 1 aromatic carbocycles. The zero-order valence-corrected chi connectivity index (χ0v) is 14.6. The average Bonchev–Trinajstić information content (AvgIpc) is 2.61. The van der Waals surface area contributed by atoms with Gasteiger partial charge in [-0.05, 0) is 38.4 Å². The Hall–Kier alpha value is -1.13. The van der Waals surface area contributed by atoms with E-state index in [-0.39, 0.29) is 0 Å². The van der Waals surface area contributed by atoms with E-state index in [1.807, 2.05) is 4.68 Å². The molecule has 2 rings (SSSR count). The molecule has 1 heterocycles. The van der Waals surface area contributed by atoms with Crippen molar-refractivity contribution in [3.05, 3.63) is 29.0 Å². The Morgan fingerprint density at radius 3 is 2.50 bits per heavy atom. The summed E-state index contributed by atoms with van der Waals surface area (Å²) in [6.07, 6.45) is 0. The van der Waals surface area contributed by atoms with Crippen LogP contribution in [-0.2, 0) is 11.5 Å². The van der Waals surface area contributed by atoms with Gasteiger partial charge in [-0.25, -0.2) is 4.68 Å². The fraction of sp³-hybridized carbons (Fsp3) is 0.562. The van der Waals surface area contributed by atoms with Gasteiger partial charge in [-0.2, -0.15) is 5.10 Å². The minimum Gasteiger partial charge on any atom is -0.360 e. The summed E-state index contributed by atoms with van der Waals surface area (Å²) in [5.74, 6) is 0. The number of ether oxygens (including phenoxy) is 1. The second kappa shape index (κ2) is 5.70. The molecule has 0 fully saturated rings. The second-order valence-electron chi connectivity index (χ2n) is 6.91. The van der Waals surface area contributed by atoms with Crippen molar-refractivity contribution < 1.29 is 4.74 Å². The minimum atomic E-state index is -1.02. The maximum atomic E-state index is 5.84. The monoisotopic (exact) mass is 290 g/mol. The molecule has 20 heavy (non-hydrogen) atoms. The fourth-order valence-electron chi connectivity index (χ4n) is 2.49. The van der Waals surface area contributed by atoms with Gasteiger partial charge < -0.3 is 4.74 Å². The molecule has 0 atom stereocenters. The van der Waals surface area contributed by atoms with Gasteiger partial charge in [-0.3, -0.25) is 0 Å². The number of hydrogen-bond donors (Lipinski definition) is 0. The van der Waals surface area contributed by atoms with Crippen molar-refractivity contribution in [1.82, 2.24) is 9.78 Å². The first-order chi connectivity index (χ1) is 9.28. The predicted molar refractivity (Wildman–Crippen MR) is 88.0 cm³/mol. The van der Waals surface area contributed by atoms with Crippen LogP contribution in [0.4, 0.5) is 0 Å². The van der Waals surface area contributed by atoms with Crippen molar-refractivity contribution in [3.8, 4) is 0 Å². The van der Waals surface area contributed by atoms with Gasteiger partial charge in [-0.1, -0.05) is 31.3 Å². The van der Waals surface area contributed by atoms with Crippen molar-refractivity contribution in [2.75, 3.05) is 6.61 Å². The van der Waals surface area contributed by atoms with E-state index in [9.17, 15) is 0 Å².